The van der Waals surface area contributed by atoms with Crippen LogP contribution in [0.2, 0.25) is 0 Å². The molecule has 1 aliphatic heterocycles. The number of benzene rings is 1. The SMILES string of the molecule is CN1CCC(C(=O)NNC(=O)c2ccccc2Br)CC1=O. The number of piperidine rings is 1. The highest BCUT2D eigenvalue weighted by atomic mass is 79.9. The molecule has 2 rings (SSSR count). The van der Waals surface area contributed by atoms with Crippen LogP contribution in [-0.2, 0) is 9.59 Å². The van der Waals surface area contributed by atoms with Crippen molar-refractivity contribution in [1.29, 1.82) is 0 Å². The summed E-state index contributed by atoms with van der Waals surface area (Å²) in [6, 6.07) is 6.91. The van der Waals surface area contributed by atoms with Gasteiger partial charge in [0.05, 0.1) is 11.5 Å². The van der Waals surface area contributed by atoms with Gasteiger partial charge < -0.3 is 4.90 Å². The van der Waals surface area contributed by atoms with E-state index < -0.39 is 11.8 Å². The van der Waals surface area contributed by atoms with E-state index in [1.807, 2.05) is 0 Å². The van der Waals surface area contributed by atoms with E-state index in [-0.39, 0.29) is 18.2 Å². The lowest BCUT2D eigenvalue weighted by Crippen LogP contribution is -2.48. The molecule has 112 valence electrons. The maximum absolute atomic E-state index is 12.0. The van der Waals surface area contributed by atoms with Crippen molar-refractivity contribution in [2.24, 2.45) is 5.92 Å². The molecule has 0 bridgehead atoms. The van der Waals surface area contributed by atoms with Gasteiger partial charge in [0.15, 0.2) is 0 Å². The van der Waals surface area contributed by atoms with E-state index in [4.69, 9.17) is 0 Å². The molecule has 0 aliphatic carbocycles. The van der Waals surface area contributed by atoms with Crippen LogP contribution in [0.4, 0.5) is 0 Å². The van der Waals surface area contributed by atoms with Crippen LogP contribution in [0.5, 0.6) is 0 Å². The minimum atomic E-state index is -0.407. The minimum Gasteiger partial charge on any atom is -0.346 e. The summed E-state index contributed by atoms with van der Waals surface area (Å²) in [5.41, 5.74) is 5.18. The van der Waals surface area contributed by atoms with Crippen molar-refractivity contribution < 1.29 is 14.4 Å². The number of carbonyl (C=O) groups excluding carboxylic acids is 3. The maximum Gasteiger partial charge on any atom is 0.270 e. The Morgan fingerprint density at radius 2 is 2.00 bits per heavy atom. The van der Waals surface area contributed by atoms with E-state index in [0.717, 1.165) is 0 Å². The predicted octanol–water partition coefficient (Wildman–Crippen LogP) is 1.08. The lowest BCUT2D eigenvalue weighted by atomic mass is 9.96. The number of nitrogens with one attached hydrogen (secondary N) is 2. The van der Waals surface area contributed by atoms with Crippen LogP contribution in [0.1, 0.15) is 23.2 Å². The zero-order valence-electron chi connectivity index (χ0n) is 11.6. The van der Waals surface area contributed by atoms with E-state index >= 15 is 0 Å². The number of halogens is 1. The van der Waals surface area contributed by atoms with Gasteiger partial charge in [-0.3, -0.25) is 25.2 Å². The summed E-state index contributed by atoms with van der Waals surface area (Å²) in [6.07, 6.45) is 0.770. The molecule has 0 aromatic heterocycles. The maximum atomic E-state index is 12.0. The van der Waals surface area contributed by atoms with Crippen molar-refractivity contribution in [3.05, 3.63) is 34.3 Å². The Morgan fingerprint density at radius 3 is 2.67 bits per heavy atom. The molecule has 21 heavy (non-hydrogen) atoms. The van der Waals surface area contributed by atoms with E-state index in [0.29, 0.717) is 23.0 Å². The molecule has 1 atom stereocenters. The highest BCUT2D eigenvalue weighted by Gasteiger charge is 2.28. The number of likely N-dealkylation sites (tertiary alicyclic amines) is 1. The smallest absolute Gasteiger partial charge is 0.270 e. The summed E-state index contributed by atoms with van der Waals surface area (Å²) in [5, 5.41) is 0. The van der Waals surface area contributed by atoms with E-state index in [1.165, 1.54) is 0 Å². The van der Waals surface area contributed by atoms with Crippen LogP contribution in [0, 0.1) is 5.92 Å². The van der Waals surface area contributed by atoms with Crippen LogP contribution in [-0.4, -0.2) is 36.2 Å². The molecule has 1 aliphatic rings. The first-order chi connectivity index (χ1) is 9.99. The third kappa shape index (κ3) is 3.81. The fraction of sp³-hybridized carbons (Fsp3) is 0.357. The van der Waals surface area contributed by atoms with Crippen molar-refractivity contribution in [3.8, 4) is 0 Å². The monoisotopic (exact) mass is 353 g/mol. The molecule has 3 amide bonds. The Hall–Kier alpha value is -1.89. The zero-order valence-corrected chi connectivity index (χ0v) is 13.1. The number of amides is 3. The number of hydrazine groups is 1. The Kier molecular flexibility index (Phi) is 4.95. The van der Waals surface area contributed by atoms with E-state index in [2.05, 4.69) is 26.8 Å². The summed E-state index contributed by atoms with van der Waals surface area (Å²) in [5.74, 6) is -1.20. The summed E-state index contributed by atoms with van der Waals surface area (Å²) < 4.78 is 0.645. The largest absolute Gasteiger partial charge is 0.346 e. The van der Waals surface area contributed by atoms with Gasteiger partial charge in [-0.2, -0.15) is 0 Å². The number of carbonyl (C=O) groups is 3. The van der Waals surface area contributed by atoms with Gasteiger partial charge in [0.2, 0.25) is 11.8 Å². The molecule has 1 fully saturated rings. The molecule has 1 aromatic rings. The van der Waals surface area contributed by atoms with Crippen molar-refractivity contribution >= 4 is 33.7 Å². The van der Waals surface area contributed by atoms with Crippen molar-refractivity contribution in [3.63, 3.8) is 0 Å². The normalized spacial score (nSPS) is 18.3. The second kappa shape index (κ2) is 6.71. The van der Waals surface area contributed by atoms with Gasteiger partial charge in [-0.25, -0.2) is 0 Å². The molecule has 1 saturated heterocycles. The molecule has 1 aromatic carbocycles. The highest BCUT2D eigenvalue weighted by Crippen LogP contribution is 2.17. The van der Waals surface area contributed by atoms with Gasteiger partial charge >= 0.3 is 0 Å². The standard InChI is InChI=1S/C14H16BrN3O3/c1-18-7-6-9(8-12(18)19)13(20)16-17-14(21)10-4-2-3-5-11(10)15/h2-5,9H,6-8H2,1H3,(H,16,20)(H,17,21). The quantitative estimate of drug-likeness (QED) is 0.781. The molecule has 0 saturated carbocycles. The lowest BCUT2D eigenvalue weighted by molar-refractivity contribution is -0.139. The van der Waals surface area contributed by atoms with E-state index in [1.54, 1.807) is 36.2 Å². The summed E-state index contributed by atoms with van der Waals surface area (Å²) >= 11 is 3.27. The molecule has 0 spiro atoms. The first kappa shape index (κ1) is 15.5. The highest BCUT2D eigenvalue weighted by molar-refractivity contribution is 9.10. The number of hydrogen-bond acceptors (Lipinski definition) is 3. The average molecular weight is 354 g/mol. The first-order valence-corrected chi connectivity index (χ1v) is 7.37. The van der Waals surface area contributed by atoms with Gasteiger partial charge in [0.25, 0.3) is 5.91 Å². The Morgan fingerprint density at radius 1 is 1.29 bits per heavy atom. The number of hydrogen-bond donors (Lipinski definition) is 2. The fourth-order valence-corrected chi connectivity index (χ4v) is 2.56. The third-order valence-electron chi connectivity index (χ3n) is 3.45. The molecule has 2 N–H and O–H groups in total. The van der Waals surface area contributed by atoms with Crippen molar-refractivity contribution in [2.45, 2.75) is 12.8 Å². The van der Waals surface area contributed by atoms with Crippen molar-refractivity contribution in [2.75, 3.05) is 13.6 Å². The summed E-state index contributed by atoms with van der Waals surface area (Å²) in [7, 11) is 1.71. The van der Waals surface area contributed by atoms with Gasteiger partial charge in [0.1, 0.15) is 0 Å². The Labute approximate surface area is 131 Å². The average Bonchev–Trinajstić information content (AvgIpc) is 2.47. The topological polar surface area (TPSA) is 78.5 Å². The van der Waals surface area contributed by atoms with Crippen LogP contribution < -0.4 is 10.9 Å². The molecule has 7 heteroatoms. The third-order valence-corrected chi connectivity index (χ3v) is 4.14. The van der Waals surface area contributed by atoms with Gasteiger partial charge in [-0.05, 0) is 34.5 Å². The second-order valence-electron chi connectivity index (χ2n) is 4.93. The summed E-state index contributed by atoms with van der Waals surface area (Å²) in [4.78, 5) is 37.1. The van der Waals surface area contributed by atoms with Gasteiger partial charge in [-0.1, -0.05) is 12.1 Å². The van der Waals surface area contributed by atoms with Gasteiger partial charge in [-0.15, -0.1) is 0 Å². The zero-order chi connectivity index (χ0) is 15.4. The van der Waals surface area contributed by atoms with Crippen LogP contribution >= 0.6 is 15.9 Å². The predicted molar refractivity (Wildman–Crippen MR) is 80.1 cm³/mol. The summed E-state index contributed by atoms with van der Waals surface area (Å²) in [6.45, 7) is 0.551. The van der Waals surface area contributed by atoms with Crippen LogP contribution in [0.3, 0.4) is 0 Å². The molecule has 0 radical (unpaired) electrons. The Bertz CT molecular complexity index is 576. The van der Waals surface area contributed by atoms with Crippen LogP contribution in [0.15, 0.2) is 28.7 Å². The number of nitrogens with zero attached hydrogens (tertiary/aromatic N) is 1. The molecular formula is C14H16BrN3O3. The first-order valence-electron chi connectivity index (χ1n) is 6.57. The fourth-order valence-electron chi connectivity index (χ4n) is 2.10. The minimum absolute atomic E-state index is 0.0569. The molecular weight excluding hydrogens is 338 g/mol. The lowest BCUT2D eigenvalue weighted by Gasteiger charge is -2.27. The molecule has 6 nitrogen and oxygen atoms in total. The molecule has 1 heterocycles. The van der Waals surface area contributed by atoms with E-state index in [9.17, 15) is 14.4 Å². The Balaban J connectivity index is 1.88. The van der Waals surface area contributed by atoms with Gasteiger partial charge in [0, 0.05) is 24.5 Å². The number of rotatable bonds is 2. The molecule has 1 unspecified atom stereocenters. The second-order valence-corrected chi connectivity index (χ2v) is 5.78. The van der Waals surface area contributed by atoms with Crippen molar-refractivity contribution in [1.82, 2.24) is 15.8 Å². The van der Waals surface area contributed by atoms with Crippen LogP contribution in [0.25, 0.3) is 0 Å².